The molecule has 4 nitrogen and oxygen atoms in total. The summed E-state index contributed by atoms with van der Waals surface area (Å²) < 4.78 is 22.4. The van der Waals surface area contributed by atoms with Crippen LogP contribution < -0.4 is 0 Å². The van der Waals surface area contributed by atoms with Crippen molar-refractivity contribution in [1.29, 1.82) is 0 Å². The molecule has 0 aliphatic carbocycles. The van der Waals surface area contributed by atoms with Crippen molar-refractivity contribution in [2.45, 2.75) is 40.0 Å². The smallest absolute Gasteiger partial charge is 0.171 e. The first kappa shape index (κ1) is 20.9. The Kier molecular flexibility index (Phi) is 5.61. The van der Waals surface area contributed by atoms with Crippen LogP contribution in [0.3, 0.4) is 0 Å². The molecule has 156 valence electrons. The van der Waals surface area contributed by atoms with Gasteiger partial charge in [0.25, 0.3) is 0 Å². The zero-order chi connectivity index (χ0) is 21.5. The average molecular weight is 440 g/mol. The number of pyridine rings is 1. The Bertz CT molecular complexity index is 1180. The summed E-state index contributed by atoms with van der Waals surface area (Å²) in [6.45, 7) is 11.0. The lowest BCUT2D eigenvalue weighted by molar-refractivity contribution is 0.0864. The lowest BCUT2D eigenvalue weighted by atomic mass is 9.89. The maximum Gasteiger partial charge on any atom is 0.171 e. The van der Waals surface area contributed by atoms with Crippen LogP contribution in [0.15, 0.2) is 54.2 Å². The van der Waals surface area contributed by atoms with Gasteiger partial charge in [0, 0.05) is 28.9 Å². The highest BCUT2D eigenvalue weighted by molar-refractivity contribution is 7.10. The second kappa shape index (κ2) is 8.06. The van der Waals surface area contributed by atoms with E-state index in [1.54, 1.807) is 23.5 Å². The number of benzene rings is 1. The van der Waals surface area contributed by atoms with Crippen LogP contribution in [-0.4, -0.2) is 23.4 Å². The highest BCUT2D eigenvalue weighted by Crippen LogP contribution is 2.39. The molecule has 30 heavy (non-hydrogen) atoms. The average Bonchev–Trinajstić information content (AvgIpc) is 3.32. The first-order chi connectivity index (χ1) is 14.2. The molecule has 0 saturated carbocycles. The molecular formula is C23H26FN3OSSi. The third-order valence-corrected chi connectivity index (χ3v) is 6.54. The summed E-state index contributed by atoms with van der Waals surface area (Å²) in [6.07, 6.45) is 3.85. The zero-order valence-corrected chi connectivity index (χ0v) is 19.9. The van der Waals surface area contributed by atoms with Gasteiger partial charge in [0.2, 0.25) is 0 Å². The number of halogens is 1. The zero-order valence-electron chi connectivity index (χ0n) is 17.9. The van der Waals surface area contributed by atoms with Gasteiger partial charge in [-0.2, -0.15) is 0 Å². The molecule has 1 atom stereocenters. The number of nitrogens with zero attached hydrogens (tertiary/aromatic N) is 3. The molecule has 4 aromatic rings. The normalized spacial score (nSPS) is 13.3. The summed E-state index contributed by atoms with van der Waals surface area (Å²) in [7, 11) is -1.20. The summed E-state index contributed by atoms with van der Waals surface area (Å²) in [5.74, 6) is -0.271. The van der Waals surface area contributed by atoms with Crippen LogP contribution in [0.1, 0.15) is 31.9 Å². The number of thiazole rings is 1. The van der Waals surface area contributed by atoms with Crippen molar-refractivity contribution >= 4 is 26.0 Å². The van der Waals surface area contributed by atoms with Crippen LogP contribution in [0, 0.1) is 11.2 Å². The molecule has 0 saturated heterocycles. The molecule has 0 fully saturated rings. The fourth-order valence-electron chi connectivity index (χ4n) is 3.39. The van der Waals surface area contributed by atoms with E-state index in [0.29, 0.717) is 11.3 Å². The lowest BCUT2D eigenvalue weighted by Crippen LogP contribution is -2.25. The van der Waals surface area contributed by atoms with Crippen LogP contribution in [0.2, 0.25) is 13.1 Å². The quantitative estimate of drug-likeness (QED) is 0.340. The molecule has 3 heterocycles. The largest absolute Gasteiger partial charge is 0.411 e. The minimum absolute atomic E-state index is 0.00690. The Morgan fingerprint density at radius 2 is 1.80 bits per heavy atom. The second-order valence-corrected chi connectivity index (χ2v) is 12.1. The van der Waals surface area contributed by atoms with E-state index in [2.05, 4.69) is 44.2 Å². The molecule has 7 heteroatoms. The summed E-state index contributed by atoms with van der Waals surface area (Å²) >= 11 is 1.64. The lowest BCUT2D eigenvalue weighted by Gasteiger charge is -2.30. The van der Waals surface area contributed by atoms with Crippen molar-refractivity contribution < 1.29 is 8.82 Å². The standard InChI is InChI=1S/C23H26FN3OSSi/c1-23(2,3)21(28-30(4)5)22-26-19(14-29-22)15-10-11-20-25-18(13-27(20)12-15)16-8-6-7-9-17(16)24/h6-14,21,30H,1-5H3. The van der Waals surface area contributed by atoms with Gasteiger partial charge in [0.1, 0.15) is 22.6 Å². The van der Waals surface area contributed by atoms with E-state index in [0.717, 1.165) is 21.9 Å². The second-order valence-electron chi connectivity index (χ2n) is 8.79. The number of fused-ring (bicyclic) bond motifs is 1. The van der Waals surface area contributed by atoms with Gasteiger partial charge in [-0.15, -0.1) is 11.3 Å². The maximum absolute atomic E-state index is 14.1. The van der Waals surface area contributed by atoms with Crippen molar-refractivity contribution in [3.63, 3.8) is 0 Å². The van der Waals surface area contributed by atoms with Gasteiger partial charge in [-0.05, 0) is 42.8 Å². The van der Waals surface area contributed by atoms with Crippen LogP contribution in [-0.2, 0) is 4.43 Å². The molecule has 0 amide bonds. The van der Waals surface area contributed by atoms with Crippen molar-refractivity contribution in [1.82, 2.24) is 14.4 Å². The Labute approximate surface area is 182 Å². The van der Waals surface area contributed by atoms with Gasteiger partial charge >= 0.3 is 0 Å². The Balaban J connectivity index is 1.68. The predicted octanol–water partition coefficient (Wildman–Crippen LogP) is 6.35. The molecule has 0 aliphatic rings. The summed E-state index contributed by atoms with van der Waals surface area (Å²) in [4.78, 5) is 9.47. The molecule has 0 aliphatic heterocycles. The van der Waals surface area contributed by atoms with E-state index < -0.39 is 9.04 Å². The molecule has 0 radical (unpaired) electrons. The number of aromatic nitrogens is 3. The topological polar surface area (TPSA) is 39.4 Å². The Morgan fingerprint density at radius 3 is 2.50 bits per heavy atom. The summed E-state index contributed by atoms with van der Waals surface area (Å²) in [5, 5.41) is 3.09. The minimum atomic E-state index is -1.20. The summed E-state index contributed by atoms with van der Waals surface area (Å²) in [5.41, 5.74) is 3.79. The first-order valence-corrected chi connectivity index (χ1v) is 13.7. The molecule has 4 rings (SSSR count). The van der Waals surface area contributed by atoms with E-state index in [1.807, 2.05) is 35.0 Å². The highest BCUT2D eigenvalue weighted by atomic mass is 32.1. The molecule has 0 spiro atoms. The van der Waals surface area contributed by atoms with Gasteiger partial charge < -0.3 is 8.83 Å². The minimum Gasteiger partial charge on any atom is -0.411 e. The third kappa shape index (κ3) is 4.24. The maximum atomic E-state index is 14.1. The van der Waals surface area contributed by atoms with Crippen molar-refractivity contribution in [2.24, 2.45) is 5.41 Å². The number of imidazole rings is 1. The van der Waals surface area contributed by atoms with Crippen LogP contribution in [0.4, 0.5) is 4.39 Å². The fraction of sp³-hybridized carbons (Fsp3) is 0.304. The Morgan fingerprint density at radius 1 is 1.03 bits per heavy atom. The SMILES string of the molecule is C[SiH](C)OC(c1nc(-c2ccc3nc(-c4ccccc4F)cn3c2)cs1)C(C)(C)C. The number of hydrogen-bond acceptors (Lipinski definition) is 4. The third-order valence-electron chi connectivity index (χ3n) is 4.84. The molecule has 1 unspecified atom stereocenters. The van der Waals surface area contributed by atoms with Crippen LogP contribution in [0.25, 0.3) is 28.2 Å². The predicted molar refractivity (Wildman–Crippen MR) is 124 cm³/mol. The van der Waals surface area contributed by atoms with Gasteiger partial charge in [-0.1, -0.05) is 32.9 Å². The molecule has 1 aromatic carbocycles. The van der Waals surface area contributed by atoms with Gasteiger partial charge in [0.05, 0.1) is 11.4 Å². The van der Waals surface area contributed by atoms with Gasteiger partial charge in [-0.3, -0.25) is 0 Å². The number of hydrogen-bond donors (Lipinski definition) is 0. The highest BCUT2D eigenvalue weighted by Gasteiger charge is 2.30. The van der Waals surface area contributed by atoms with Crippen molar-refractivity contribution in [2.75, 3.05) is 0 Å². The number of rotatable bonds is 5. The molecular weight excluding hydrogens is 413 g/mol. The van der Waals surface area contributed by atoms with Crippen LogP contribution >= 0.6 is 11.3 Å². The Hall–Kier alpha value is -2.35. The van der Waals surface area contributed by atoms with Gasteiger partial charge in [-0.25, -0.2) is 14.4 Å². The van der Waals surface area contributed by atoms with Crippen molar-refractivity contribution in [3.05, 3.63) is 65.0 Å². The first-order valence-electron chi connectivity index (χ1n) is 10.1. The van der Waals surface area contributed by atoms with Crippen LogP contribution in [0.5, 0.6) is 0 Å². The van der Waals surface area contributed by atoms with E-state index in [9.17, 15) is 4.39 Å². The van der Waals surface area contributed by atoms with Crippen molar-refractivity contribution in [3.8, 4) is 22.5 Å². The summed E-state index contributed by atoms with van der Waals surface area (Å²) in [6, 6.07) is 10.7. The van der Waals surface area contributed by atoms with E-state index >= 15 is 0 Å². The van der Waals surface area contributed by atoms with E-state index in [4.69, 9.17) is 9.41 Å². The van der Waals surface area contributed by atoms with E-state index in [1.165, 1.54) is 6.07 Å². The molecule has 0 bridgehead atoms. The van der Waals surface area contributed by atoms with Gasteiger partial charge in [0.15, 0.2) is 9.04 Å². The molecule has 3 aromatic heterocycles. The molecule has 0 N–H and O–H groups in total. The van der Waals surface area contributed by atoms with E-state index in [-0.39, 0.29) is 17.3 Å². The fourth-order valence-corrected chi connectivity index (χ4v) is 5.67. The monoisotopic (exact) mass is 439 g/mol.